The van der Waals surface area contributed by atoms with E-state index < -0.39 is 0 Å². The number of carbonyl (C=O) groups is 1. The lowest BCUT2D eigenvalue weighted by Gasteiger charge is -2.24. The minimum Gasteiger partial charge on any atom is -0.355 e. The summed E-state index contributed by atoms with van der Waals surface area (Å²) in [5.74, 6) is 0.0334. The first kappa shape index (κ1) is 11.4. The molecule has 0 aromatic rings. The van der Waals surface area contributed by atoms with Gasteiger partial charge in [0.15, 0.2) is 0 Å². The van der Waals surface area contributed by atoms with Crippen LogP contribution in [0.4, 0.5) is 0 Å². The summed E-state index contributed by atoms with van der Waals surface area (Å²) < 4.78 is 0. The van der Waals surface area contributed by atoms with Crippen LogP contribution < -0.4 is 10.6 Å². The Bertz CT molecular complexity index is 143. The van der Waals surface area contributed by atoms with Gasteiger partial charge in [-0.1, -0.05) is 6.92 Å². The van der Waals surface area contributed by atoms with Crippen molar-refractivity contribution in [2.45, 2.75) is 39.7 Å². The van der Waals surface area contributed by atoms with Crippen molar-refractivity contribution < 1.29 is 4.79 Å². The third-order valence-electron chi connectivity index (χ3n) is 1.99. The molecule has 0 heterocycles. The van der Waals surface area contributed by atoms with Crippen LogP contribution in [-0.2, 0) is 4.79 Å². The lowest BCUT2D eigenvalue weighted by atomic mass is 10.0. The van der Waals surface area contributed by atoms with E-state index >= 15 is 0 Å². The van der Waals surface area contributed by atoms with Crippen molar-refractivity contribution in [1.82, 2.24) is 10.6 Å². The molecule has 72 valence electrons. The summed E-state index contributed by atoms with van der Waals surface area (Å²) in [5.41, 5.74) is 0.179. The topological polar surface area (TPSA) is 41.1 Å². The highest BCUT2D eigenvalue weighted by atomic mass is 16.1. The van der Waals surface area contributed by atoms with Crippen molar-refractivity contribution in [3.05, 3.63) is 0 Å². The van der Waals surface area contributed by atoms with E-state index in [1.807, 2.05) is 0 Å². The van der Waals surface area contributed by atoms with E-state index in [9.17, 15) is 4.79 Å². The molecule has 0 radical (unpaired) electrons. The van der Waals surface area contributed by atoms with Crippen molar-refractivity contribution in [2.75, 3.05) is 13.1 Å². The minimum atomic E-state index is 0.0334. The highest BCUT2D eigenvalue weighted by molar-refractivity contribution is 5.72. The van der Waals surface area contributed by atoms with Crippen LogP contribution in [-0.4, -0.2) is 24.5 Å². The van der Waals surface area contributed by atoms with Gasteiger partial charge in [-0.15, -0.1) is 0 Å². The average molecular weight is 172 g/mol. The van der Waals surface area contributed by atoms with E-state index in [-0.39, 0.29) is 11.4 Å². The van der Waals surface area contributed by atoms with Crippen molar-refractivity contribution in [2.24, 2.45) is 0 Å². The number of nitrogens with one attached hydrogen (secondary N) is 2. The maximum atomic E-state index is 10.5. The summed E-state index contributed by atoms with van der Waals surface area (Å²) in [4.78, 5) is 10.5. The Morgan fingerprint density at radius 3 is 2.33 bits per heavy atom. The van der Waals surface area contributed by atoms with Gasteiger partial charge in [-0.2, -0.15) is 0 Å². The summed E-state index contributed by atoms with van der Waals surface area (Å²) in [7, 11) is 0. The molecular weight excluding hydrogens is 152 g/mol. The van der Waals surface area contributed by atoms with E-state index in [4.69, 9.17) is 0 Å². The van der Waals surface area contributed by atoms with Crippen LogP contribution in [0.2, 0.25) is 0 Å². The number of hydrogen-bond acceptors (Lipinski definition) is 2. The van der Waals surface area contributed by atoms with E-state index in [1.54, 1.807) is 0 Å². The fourth-order valence-electron chi connectivity index (χ4n) is 0.764. The summed E-state index contributed by atoms with van der Waals surface area (Å²) in [5, 5.41) is 6.09. The van der Waals surface area contributed by atoms with E-state index in [2.05, 4.69) is 31.4 Å². The molecule has 0 aliphatic carbocycles. The van der Waals surface area contributed by atoms with Gasteiger partial charge in [0.2, 0.25) is 5.91 Å². The molecule has 3 nitrogen and oxygen atoms in total. The normalized spacial score (nSPS) is 11.3. The van der Waals surface area contributed by atoms with Crippen LogP contribution >= 0.6 is 0 Å². The summed E-state index contributed by atoms with van der Waals surface area (Å²) in [6.45, 7) is 9.52. The first-order chi connectivity index (χ1) is 5.48. The molecule has 1 amide bonds. The van der Waals surface area contributed by atoms with Crippen LogP contribution in [0.3, 0.4) is 0 Å². The lowest BCUT2D eigenvalue weighted by Crippen LogP contribution is -2.42. The second-order valence-electron chi connectivity index (χ2n) is 3.65. The second kappa shape index (κ2) is 5.14. The number of carbonyl (C=O) groups excluding carboxylic acids is 1. The predicted octanol–water partition coefficient (Wildman–Crippen LogP) is 0.901. The van der Waals surface area contributed by atoms with Gasteiger partial charge < -0.3 is 10.6 Å². The molecule has 0 fully saturated rings. The van der Waals surface area contributed by atoms with Gasteiger partial charge in [0.1, 0.15) is 0 Å². The molecular formula is C9H20N2O. The fourth-order valence-corrected chi connectivity index (χ4v) is 0.764. The van der Waals surface area contributed by atoms with Crippen LogP contribution in [0.1, 0.15) is 34.1 Å². The van der Waals surface area contributed by atoms with Crippen LogP contribution in [0.5, 0.6) is 0 Å². The molecule has 12 heavy (non-hydrogen) atoms. The number of hydrogen-bond donors (Lipinski definition) is 2. The van der Waals surface area contributed by atoms with Crippen molar-refractivity contribution in [1.29, 1.82) is 0 Å². The fraction of sp³-hybridized carbons (Fsp3) is 0.889. The van der Waals surface area contributed by atoms with Crippen molar-refractivity contribution >= 4 is 5.91 Å². The Balaban J connectivity index is 3.37. The van der Waals surface area contributed by atoms with Gasteiger partial charge in [0.25, 0.3) is 0 Å². The molecule has 0 rings (SSSR count). The SMILES string of the molecule is CCC(C)(C)NCCNC(C)=O. The van der Waals surface area contributed by atoms with Gasteiger partial charge in [-0.05, 0) is 20.3 Å². The average Bonchev–Trinajstić information content (AvgIpc) is 1.98. The first-order valence-corrected chi connectivity index (χ1v) is 4.47. The zero-order chi connectivity index (χ0) is 9.61. The third-order valence-corrected chi connectivity index (χ3v) is 1.99. The summed E-state index contributed by atoms with van der Waals surface area (Å²) in [6.07, 6.45) is 1.09. The minimum absolute atomic E-state index is 0.0334. The van der Waals surface area contributed by atoms with Crippen molar-refractivity contribution in [3.8, 4) is 0 Å². The molecule has 0 unspecified atom stereocenters. The van der Waals surface area contributed by atoms with Gasteiger partial charge in [-0.25, -0.2) is 0 Å². The molecule has 3 heteroatoms. The Morgan fingerprint density at radius 2 is 1.92 bits per heavy atom. The molecule has 0 aromatic heterocycles. The third kappa shape index (κ3) is 6.16. The number of rotatable bonds is 5. The molecule has 0 spiro atoms. The predicted molar refractivity (Wildman–Crippen MR) is 51.1 cm³/mol. The summed E-state index contributed by atoms with van der Waals surface area (Å²) in [6, 6.07) is 0. The van der Waals surface area contributed by atoms with Crippen LogP contribution in [0.25, 0.3) is 0 Å². The molecule has 0 aromatic carbocycles. The maximum absolute atomic E-state index is 10.5. The molecule has 0 saturated carbocycles. The Kier molecular flexibility index (Phi) is 4.90. The first-order valence-electron chi connectivity index (χ1n) is 4.47. The van der Waals surface area contributed by atoms with E-state index in [0.717, 1.165) is 13.0 Å². The Morgan fingerprint density at radius 1 is 1.33 bits per heavy atom. The molecule has 0 saturated heterocycles. The largest absolute Gasteiger partial charge is 0.355 e. The van der Waals surface area contributed by atoms with Crippen LogP contribution in [0.15, 0.2) is 0 Å². The Hall–Kier alpha value is -0.570. The van der Waals surface area contributed by atoms with Gasteiger partial charge >= 0.3 is 0 Å². The standard InChI is InChI=1S/C9H20N2O/c1-5-9(3,4)11-7-6-10-8(2)12/h11H,5-7H2,1-4H3,(H,10,12). The second-order valence-corrected chi connectivity index (χ2v) is 3.65. The van der Waals surface area contributed by atoms with Gasteiger partial charge in [-0.3, -0.25) is 4.79 Å². The number of amides is 1. The smallest absolute Gasteiger partial charge is 0.216 e. The Labute approximate surface area is 74.9 Å². The maximum Gasteiger partial charge on any atom is 0.216 e. The van der Waals surface area contributed by atoms with Gasteiger partial charge in [0.05, 0.1) is 0 Å². The molecule has 0 aliphatic heterocycles. The highest BCUT2D eigenvalue weighted by Gasteiger charge is 2.12. The zero-order valence-electron chi connectivity index (χ0n) is 8.53. The van der Waals surface area contributed by atoms with E-state index in [0.29, 0.717) is 6.54 Å². The molecule has 2 N–H and O–H groups in total. The van der Waals surface area contributed by atoms with E-state index in [1.165, 1.54) is 6.92 Å². The zero-order valence-corrected chi connectivity index (χ0v) is 8.53. The van der Waals surface area contributed by atoms with Gasteiger partial charge in [0, 0.05) is 25.6 Å². The van der Waals surface area contributed by atoms with Crippen LogP contribution in [0, 0.1) is 0 Å². The monoisotopic (exact) mass is 172 g/mol. The molecule has 0 bridgehead atoms. The molecule has 0 aliphatic rings. The molecule has 0 atom stereocenters. The van der Waals surface area contributed by atoms with Crippen molar-refractivity contribution in [3.63, 3.8) is 0 Å². The summed E-state index contributed by atoms with van der Waals surface area (Å²) >= 11 is 0. The highest BCUT2D eigenvalue weighted by Crippen LogP contribution is 2.05. The quantitative estimate of drug-likeness (QED) is 0.605. The lowest BCUT2D eigenvalue weighted by molar-refractivity contribution is -0.118.